The fourth-order valence-corrected chi connectivity index (χ4v) is 2.02. The quantitative estimate of drug-likeness (QED) is 0.655. The van der Waals surface area contributed by atoms with E-state index in [2.05, 4.69) is 38.0 Å². The van der Waals surface area contributed by atoms with Crippen molar-refractivity contribution < 1.29 is 4.79 Å². The van der Waals surface area contributed by atoms with Crippen molar-refractivity contribution in [2.75, 3.05) is 10.6 Å². The number of benzene rings is 1. The van der Waals surface area contributed by atoms with E-state index in [1.807, 2.05) is 6.92 Å². The van der Waals surface area contributed by atoms with Gasteiger partial charge in [-0.1, -0.05) is 6.58 Å². The lowest BCUT2D eigenvalue weighted by atomic mass is 9.94. The normalized spacial score (nSPS) is 14.2. The number of hydrogen-bond acceptors (Lipinski definition) is 2. The van der Waals surface area contributed by atoms with E-state index in [-0.39, 0.29) is 5.91 Å². The second kappa shape index (κ2) is 3.37. The average molecular weight is 216 g/mol. The Balaban J connectivity index is 2.74. The maximum absolute atomic E-state index is 11.5. The molecule has 2 N–H and O–H groups in total. The number of fused-ring (bicyclic) bond motifs is 1. The van der Waals surface area contributed by atoms with Gasteiger partial charge in [-0.25, -0.2) is 0 Å². The first kappa shape index (κ1) is 10.7. The number of rotatable bonds is 0. The van der Waals surface area contributed by atoms with E-state index in [9.17, 15) is 4.79 Å². The first-order valence-electron chi connectivity index (χ1n) is 5.31. The molecule has 2 rings (SSSR count). The van der Waals surface area contributed by atoms with Crippen LogP contribution in [0, 0.1) is 27.7 Å². The molecular weight excluding hydrogens is 200 g/mol. The van der Waals surface area contributed by atoms with Crippen molar-refractivity contribution in [1.29, 1.82) is 0 Å². The van der Waals surface area contributed by atoms with Crippen LogP contribution in [0.2, 0.25) is 0 Å². The van der Waals surface area contributed by atoms with Gasteiger partial charge in [-0.15, -0.1) is 0 Å². The summed E-state index contributed by atoms with van der Waals surface area (Å²) in [5, 5.41) is 5.97. The fourth-order valence-electron chi connectivity index (χ4n) is 2.02. The molecule has 3 nitrogen and oxygen atoms in total. The SMILES string of the molecule is C=C1Nc2c(C)c(C)c(C)c(C)c2NC1=O. The van der Waals surface area contributed by atoms with Crippen LogP contribution in [0.25, 0.3) is 0 Å². The van der Waals surface area contributed by atoms with Crippen LogP contribution in [0.1, 0.15) is 22.3 Å². The van der Waals surface area contributed by atoms with Gasteiger partial charge in [-0.2, -0.15) is 0 Å². The van der Waals surface area contributed by atoms with Gasteiger partial charge in [0.15, 0.2) is 0 Å². The van der Waals surface area contributed by atoms with Gasteiger partial charge >= 0.3 is 0 Å². The van der Waals surface area contributed by atoms with Crippen LogP contribution in [-0.4, -0.2) is 5.91 Å². The molecule has 0 atom stereocenters. The zero-order valence-electron chi connectivity index (χ0n) is 10.1. The lowest BCUT2D eigenvalue weighted by Crippen LogP contribution is -2.26. The van der Waals surface area contributed by atoms with Crippen molar-refractivity contribution in [3.05, 3.63) is 34.5 Å². The van der Waals surface area contributed by atoms with Gasteiger partial charge in [0, 0.05) is 0 Å². The molecule has 0 aromatic heterocycles. The summed E-state index contributed by atoms with van der Waals surface area (Å²) in [6.45, 7) is 11.9. The fraction of sp³-hybridized carbons (Fsp3) is 0.308. The van der Waals surface area contributed by atoms with E-state index in [0.717, 1.165) is 16.9 Å². The van der Waals surface area contributed by atoms with Gasteiger partial charge in [0.1, 0.15) is 0 Å². The molecule has 0 radical (unpaired) electrons. The molecule has 16 heavy (non-hydrogen) atoms. The van der Waals surface area contributed by atoms with Crippen LogP contribution in [0.5, 0.6) is 0 Å². The number of nitrogens with one attached hydrogen (secondary N) is 2. The molecule has 3 heteroatoms. The summed E-state index contributed by atoms with van der Waals surface area (Å²) >= 11 is 0. The summed E-state index contributed by atoms with van der Waals surface area (Å²) in [6, 6.07) is 0. The van der Waals surface area contributed by atoms with E-state index in [1.165, 1.54) is 16.7 Å². The molecule has 0 spiro atoms. The molecule has 0 saturated carbocycles. The maximum Gasteiger partial charge on any atom is 0.271 e. The summed E-state index contributed by atoms with van der Waals surface area (Å²) in [7, 11) is 0. The molecule has 1 aromatic rings. The predicted molar refractivity (Wildman–Crippen MR) is 66.8 cm³/mol. The molecule has 0 saturated heterocycles. The summed E-state index contributed by atoms with van der Waals surface area (Å²) < 4.78 is 0. The standard InChI is InChI=1S/C13H16N2O/c1-6-7(2)9(4)12-11(8(6)3)14-10(5)13(16)15-12/h14H,5H2,1-4H3,(H,15,16). The molecule has 0 bridgehead atoms. The monoisotopic (exact) mass is 216 g/mol. The Morgan fingerprint density at radius 1 is 0.812 bits per heavy atom. The van der Waals surface area contributed by atoms with Crippen molar-refractivity contribution in [3.63, 3.8) is 0 Å². The number of anilines is 2. The highest BCUT2D eigenvalue weighted by Gasteiger charge is 2.23. The Labute approximate surface area is 95.6 Å². The molecule has 84 valence electrons. The third kappa shape index (κ3) is 1.32. The Kier molecular flexibility index (Phi) is 2.26. The van der Waals surface area contributed by atoms with Gasteiger partial charge < -0.3 is 10.6 Å². The summed E-state index contributed by atoms with van der Waals surface area (Å²) in [5.74, 6) is -0.154. The number of hydrogen-bond donors (Lipinski definition) is 2. The Hall–Kier alpha value is -1.77. The van der Waals surface area contributed by atoms with E-state index in [0.29, 0.717) is 5.70 Å². The van der Waals surface area contributed by atoms with Crippen molar-refractivity contribution >= 4 is 17.3 Å². The lowest BCUT2D eigenvalue weighted by Gasteiger charge is -2.26. The largest absolute Gasteiger partial charge is 0.350 e. The van der Waals surface area contributed by atoms with Crippen LogP contribution in [-0.2, 0) is 4.79 Å². The van der Waals surface area contributed by atoms with Gasteiger partial charge in [0.2, 0.25) is 0 Å². The topological polar surface area (TPSA) is 41.1 Å². The molecule has 1 amide bonds. The average Bonchev–Trinajstić information content (AvgIpc) is 2.26. The Bertz CT molecular complexity index is 468. The minimum Gasteiger partial charge on any atom is -0.350 e. The lowest BCUT2D eigenvalue weighted by molar-refractivity contribution is -0.112. The maximum atomic E-state index is 11.5. The van der Waals surface area contributed by atoms with Gasteiger partial charge in [-0.05, 0) is 49.9 Å². The van der Waals surface area contributed by atoms with E-state index < -0.39 is 0 Å². The zero-order valence-corrected chi connectivity index (χ0v) is 10.1. The molecule has 1 heterocycles. The van der Waals surface area contributed by atoms with Gasteiger partial charge in [-0.3, -0.25) is 4.79 Å². The zero-order chi connectivity index (χ0) is 12.0. The van der Waals surface area contributed by atoms with E-state index >= 15 is 0 Å². The second-order valence-electron chi connectivity index (χ2n) is 4.31. The van der Waals surface area contributed by atoms with Gasteiger partial charge in [0.25, 0.3) is 5.91 Å². The van der Waals surface area contributed by atoms with Crippen molar-refractivity contribution in [2.45, 2.75) is 27.7 Å². The van der Waals surface area contributed by atoms with Crippen LogP contribution in [0.3, 0.4) is 0 Å². The third-order valence-corrected chi connectivity index (χ3v) is 3.48. The number of carbonyl (C=O) groups excluding carboxylic acids is 1. The first-order chi connectivity index (χ1) is 7.43. The van der Waals surface area contributed by atoms with Crippen molar-refractivity contribution in [3.8, 4) is 0 Å². The highest BCUT2D eigenvalue weighted by atomic mass is 16.2. The minimum absolute atomic E-state index is 0.154. The molecule has 1 aliphatic heterocycles. The highest BCUT2D eigenvalue weighted by molar-refractivity contribution is 6.12. The van der Waals surface area contributed by atoms with E-state index in [1.54, 1.807) is 0 Å². The molecular formula is C13H16N2O. The second-order valence-corrected chi connectivity index (χ2v) is 4.31. The van der Waals surface area contributed by atoms with Crippen LogP contribution in [0.4, 0.5) is 11.4 Å². The molecule has 0 aliphatic carbocycles. The number of amides is 1. The van der Waals surface area contributed by atoms with Crippen LogP contribution >= 0.6 is 0 Å². The van der Waals surface area contributed by atoms with Crippen LogP contribution in [0.15, 0.2) is 12.3 Å². The summed E-state index contributed by atoms with van der Waals surface area (Å²) in [5.41, 5.74) is 7.03. The highest BCUT2D eigenvalue weighted by Crippen LogP contribution is 2.38. The summed E-state index contributed by atoms with van der Waals surface area (Å²) in [6.07, 6.45) is 0. The predicted octanol–water partition coefficient (Wildman–Crippen LogP) is 2.80. The Morgan fingerprint density at radius 3 is 1.75 bits per heavy atom. The third-order valence-electron chi connectivity index (χ3n) is 3.48. The summed E-state index contributed by atoms with van der Waals surface area (Å²) in [4.78, 5) is 11.5. The Morgan fingerprint density at radius 2 is 1.25 bits per heavy atom. The van der Waals surface area contributed by atoms with Crippen LogP contribution < -0.4 is 10.6 Å². The van der Waals surface area contributed by atoms with Gasteiger partial charge in [0.05, 0.1) is 17.1 Å². The molecule has 0 fully saturated rings. The first-order valence-corrected chi connectivity index (χ1v) is 5.31. The van der Waals surface area contributed by atoms with Crippen molar-refractivity contribution in [1.82, 2.24) is 0 Å². The molecule has 1 aliphatic rings. The molecule has 0 unspecified atom stereocenters. The molecule has 1 aromatic carbocycles. The smallest absolute Gasteiger partial charge is 0.271 e. The van der Waals surface area contributed by atoms with Crippen molar-refractivity contribution in [2.24, 2.45) is 0 Å². The van der Waals surface area contributed by atoms with E-state index in [4.69, 9.17) is 0 Å². The number of carbonyl (C=O) groups is 1. The minimum atomic E-state index is -0.154.